The largest absolute Gasteiger partial charge is 0.416 e. The third-order valence-electron chi connectivity index (χ3n) is 3.19. The van der Waals surface area contributed by atoms with E-state index in [1.165, 1.54) is 0 Å². The van der Waals surface area contributed by atoms with E-state index in [9.17, 15) is 17.6 Å². The Morgan fingerprint density at radius 3 is 2.41 bits per heavy atom. The van der Waals surface area contributed by atoms with Crippen molar-refractivity contribution >= 4 is 0 Å². The summed E-state index contributed by atoms with van der Waals surface area (Å²) >= 11 is 0. The molecule has 1 aromatic carbocycles. The lowest BCUT2D eigenvalue weighted by molar-refractivity contribution is -0.138. The second-order valence-corrected chi connectivity index (χ2v) is 4.63. The van der Waals surface area contributed by atoms with Gasteiger partial charge in [0, 0.05) is 11.1 Å². The van der Waals surface area contributed by atoms with Gasteiger partial charge in [-0.25, -0.2) is 4.39 Å². The molecule has 0 unspecified atom stereocenters. The third-order valence-corrected chi connectivity index (χ3v) is 3.19. The Balaban J connectivity index is 2.24. The van der Waals surface area contributed by atoms with Gasteiger partial charge in [-0.05, 0) is 37.8 Å². The average molecular weight is 247 g/mol. The van der Waals surface area contributed by atoms with Crippen LogP contribution in [0, 0.1) is 5.82 Å². The normalized spacial score (nSPS) is 18.2. The molecule has 0 heterocycles. The highest BCUT2D eigenvalue weighted by Crippen LogP contribution is 2.39. The number of hydrogen-bond donors (Lipinski definition) is 1. The van der Waals surface area contributed by atoms with Crippen LogP contribution in [0.25, 0.3) is 0 Å². The summed E-state index contributed by atoms with van der Waals surface area (Å²) in [5, 5.41) is 0. The molecule has 0 aliphatic heterocycles. The number of alkyl halides is 3. The lowest BCUT2D eigenvalue weighted by atomic mass is 9.98. The number of hydrogen-bond acceptors (Lipinski definition) is 1. The second kappa shape index (κ2) is 3.98. The maximum atomic E-state index is 13.4. The maximum Gasteiger partial charge on any atom is 0.416 e. The van der Waals surface area contributed by atoms with E-state index in [2.05, 4.69) is 0 Å². The van der Waals surface area contributed by atoms with Gasteiger partial charge < -0.3 is 5.73 Å². The summed E-state index contributed by atoms with van der Waals surface area (Å²) in [7, 11) is 0. The summed E-state index contributed by atoms with van der Waals surface area (Å²) in [6.45, 7) is 0. The summed E-state index contributed by atoms with van der Waals surface area (Å²) in [5.41, 5.74) is 4.28. The second-order valence-electron chi connectivity index (χ2n) is 4.63. The summed E-state index contributed by atoms with van der Waals surface area (Å²) in [6, 6.07) is 3.05. The first-order chi connectivity index (χ1) is 7.82. The summed E-state index contributed by atoms with van der Waals surface area (Å²) in [5.74, 6) is -0.802. The molecule has 17 heavy (non-hydrogen) atoms. The van der Waals surface area contributed by atoms with Crippen LogP contribution in [0.2, 0.25) is 0 Å². The Labute approximate surface area is 96.6 Å². The number of halogens is 4. The molecule has 1 aliphatic rings. The molecule has 0 bridgehead atoms. The molecule has 0 saturated heterocycles. The van der Waals surface area contributed by atoms with Gasteiger partial charge in [-0.1, -0.05) is 6.07 Å². The maximum absolute atomic E-state index is 13.4. The van der Waals surface area contributed by atoms with Gasteiger partial charge in [-0.15, -0.1) is 0 Å². The first-order valence-electron chi connectivity index (χ1n) is 5.45. The van der Waals surface area contributed by atoms with Crippen LogP contribution in [0.4, 0.5) is 17.6 Å². The Kier molecular flexibility index (Phi) is 2.89. The first-order valence-corrected chi connectivity index (χ1v) is 5.45. The molecule has 5 heteroatoms. The van der Waals surface area contributed by atoms with E-state index in [-0.39, 0.29) is 17.5 Å². The van der Waals surface area contributed by atoms with Gasteiger partial charge in [0.15, 0.2) is 0 Å². The Hall–Kier alpha value is -1.10. The lowest BCUT2D eigenvalue weighted by Crippen LogP contribution is -2.23. The minimum absolute atomic E-state index is 0.0397. The molecule has 0 spiro atoms. The lowest BCUT2D eigenvalue weighted by Gasteiger charge is -2.15. The summed E-state index contributed by atoms with van der Waals surface area (Å²) in [6.07, 6.45) is -2.45. The summed E-state index contributed by atoms with van der Waals surface area (Å²) in [4.78, 5) is 0. The van der Waals surface area contributed by atoms with Crippen molar-refractivity contribution in [1.82, 2.24) is 0 Å². The predicted octanol–water partition coefficient (Wildman–Crippen LogP) is 3.27. The van der Waals surface area contributed by atoms with Crippen molar-refractivity contribution in [2.75, 3.05) is 0 Å². The van der Waals surface area contributed by atoms with Crippen LogP contribution in [-0.4, -0.2) is 5.54 Å². The third kappa shape index (κ3) is 2.77. The smallest absolute Gasteiger partial charge is 0.325 e. The monoisotopic (exact) mass is 247 g/mol. The minimum Gasteiger partial charge on any atom is -0.325 e. The van der Waals surface area contributed by atoms with E-state index in [0.29, 0.717) is 6.42 Å². The van der Waals surface area contributed by atoms with Gasteiger partial charge in [0.2, 0.25) is 0 Å². The van der Waals surface area contributed by atoms with Gasteiger partial charge in [-0.3, -0.25) is 0 Å². The van der Waals surface area contributed by atoms with E-state index < -0.39 is 17.6 Å². The number of rotatable bonds is 3. The highest BCUT2D eigenvalue weighted by molar-refractivity contribution is 5.31. The van der Waals surface area contributed by atoms with E-state index >= 15 is 0 Å². The highest BCUT2D eigenvalue weighted by Gasteiger charge is 2.39. The SMILES string of the molecule is NC1(CCc2c(F)cccc2C(F)(F)F)CC1. The molecule has 1 nitrogen and oxygen atoms in total. The molecule has 0 amide bonds. The first kappa shape index (κ1) is 12.4. The standard InChI is InChI=1S/C12H13F4N/c13-10-3-1-2-9(12(14,15)16)8(10)4-5-11(17)6-7-11/h1-3H,4-7,17H2. The fraction of sp³-hybridized carbons (Fsp3) is 0.500. The highest BCUT2D eigenvalue weighted by atomic mass is 19.4. The fourth-order valence-electron chi connectivity index (χ4n) is 1.86. The molecular weight excluding hydrogens is 234 g/mol. The molecule has 1 saturated carbocycles. The molecule has 0 radical (unpaired) electrons. The Bertz CT molecular complexity index is 421. The van der Waals surface area contributed by atoms with Gasteiger partial charge in [0.25, 0.3) is 0 Å². The van der Waals surface area contributed by atoms with Crippen LogP contribution in [0.15, 0.2) is 18.2 Å². The molecule has 2 N–H and O–H groups in total. The number of benzene rings is 1. The molecule has 0 aromatic heterocycles. The van der Waals surface area contributed by atoms with Crippen molar-refractivity contribution in [3.05, 3.63) is 35.1 Å². The molecule has 1 aliphatic carbocycles. The van der Waals surface area contributed by atoms with Crippen molar-refractivity contribution in [2.45, 2.75) is 37.4 Å². The van der Waals surface area contributed by atoms with Crippen LogP contribution in [0.1, 0.15) is 30.4 Å². The van der Waals surface area contributed by atoms with E-state index in [1.807, 2.05) is 0 Å². The van der Waals surface area contributed by atoms with Crippen LogP contribution >= 0.6 is 0 Å². The van der Waals surface area contributed by atoms with E-state index in [1.54, 1.807) is 0 Å². The topological polar surface area (TPSA) is 26.0 Å². The van der Waals surface area contributed by atoms with Crippen molar-refractivity contribution < 1.29 is 17.6 Å². The zero-order valence-electron chi connectivity index (χ0n) is 9.15. The molecule has 0 atom stereocenters. The van der Waals surface area contributed by atoms with Gasteiger partial charge in [0.05, 0.1) is 5.56 Å². The molecule has 1 fully saturated rings. The van der Waals surface area contributed by atoms with Crippen LogP contribution in [0.3, 0.4) is 0 Å². The van der Waals surface area contributed by atoms with Gasteiger partial charge >= 0.3 is 6.18 Å². The average Bonchev–Trinajstić information content (AvgIpc) is 2.93. The molecular formula is C12H13F4N. The Morgan fingerprint density at radius 1 is 1.24 bits per heavy atom. The Morgan fingerprint density at radius 2 is 1.88 bits per heavy atom. The van der Waals surface area contributed by atoms with Crippen molar-refractivity contribution in [2.24, 2.45) is 5.73 Å². The summed E-state index contributed by atoms with van der Waals surface area (Å²) < 4.78 is 51.4. The van der Waals surface area contributed by atoms with Crippen molar-refractivity contribution in [3.63, 3.8) is 0 Å². The van der Waals surface area contributed by atoms with Crippen molar-refractivity contribution in [1.29, 1.82) is 0 Å². The zero-order valence-corrected chi connectivity index (χ0v) is 9.15. The van der Waals surface area contributed by atoms with Gasteiger partial charge in [-0.2, -0.15) is 13.2 Å². The van der Waals surface area contributed by atoms with Crippen molar-refractivity contribution in [3.8, 4) is 0 Å². The zero-order chi connectivity index (χ0) is 12.7. The molecule has 94 valence electrons. The van der Waals surface area contributed by atoms with Gasteiger partial charge in [0.1, 0.15) is 5.82 Å². The molecule has 1 aromatic rings. The van der Waals surface area contributed by atoms with Crippen LogP contribution in [0.5, 0.6) is 0 Å². The quantitative estimate of drug-likeness (QED) is 0.815. The van der Waals surface area contributed by atoms with E-state index in [4.69, 9.17) is 5.73 Å². The van der Waals surface area contributed by atoms with E-state index in [0.717, 1.165) is 31.0 Å². The van der Waals surface area contributed by atoms with Crippen LogP contribution in [-0.2, 0) is 12.6 Å². The molecule has 2 rings (SSSR count). The number of nitrogens with two attached hydrogens (primary N) is 1. The fourth-order valence-corrected chi connectivity index (χ4v) is 1.86. The minimum atomic E-state index is -4.51. The van der Waals surface area contributed by atoms with Crippen LogP contribution < -0.4 is 5.73 Å². The predicted molar refractivity (Wildman–Crippen MR) is 55.9 cm³/mol.